The number of methoxy groups -OCH3 is 1. The molecule has 1 aliphatic rings. The van der Waals surface area contributed by atoms with Crippen molar-refractivity contribution in [3.8, 4) is 34.2 Å². The molecule has 0 unspecified atom stereocenters. The average Bonchev–Trinajstić information content (AvgIpc) is 3.53. The molecule has 0 amide bonds. The Morgan fingerprint density at radius 3 is 2.43 bits per heavy atom. The molecular formula is C28H28N6O3. The van der Waals surface area contributed by atoms with Gasteiger partial charge in [-0.05, 0) is 62.8 Å². The highest BCUT2D eigenvalue weighted by Gasteiger charge is 2.18. The molecule has 1 aliphatic heterocycles. The second-order valence-electron chi connectivity index (χ2n) is 9.15. The molecule has 1 fully saturated rings. The number of nitriles is 1. The highest BCUT2D eigenvalue weighted by molar-refractivity contribution is 5.88. The molecule has 0 saturated carbocycles. The first-order valence-electron chi connectivity index (χ1n) is 12.2. The van der Waals surface area contributed by atoms with Gasteiger partial charge in [-0.25, -0.2) is 14.8 Å². The zero-order valence-electron chi connectivity index (χ0n) is 21.1. The van der Waals surface area contributed by atoms with Gasteiger partial charge in [0.25, 0.3) is 0 Å². The lowest BCUT2D eigenvalue weighted by Crippen LogP contribution is -2.24. The van der Waals surface area contributed by atoms with Crippen molar-refractivity contribution < 1.29 is 9.15 Å². The Labute approximate surface area is 214 Å². The molecular weight excluding hydrogens is 468 g/mol. The standard InChI is InChI=1S/C22H15N5O3.C6H13N/c1-26-21-19(30-22(26)28)7-15(10-25-21)20-16(14-5-3-13(9-23)4-6-14)8-18(29-2)17-11-24-12-27(17)20;1-7-5-3-2-4-6-7/h3-8,10-12H,1-2H3;2-6H2,1H3. The number of oxazole rings is 1. The predicted molar refractivity (Wildman–Crippen MR) is 141 cm³/mol. The summed E-state index contributed by atoms with van der Waals surface area (Å²) in [7, 11) is 5.42. The highest BCUT2D eigenvalue weighted by atomic mass is 16.5. The normalized spacial score (nSPS) is 13.8. The first-order valence-corrected chi connectivity index (χ1v) is 12.2. The van der Waals surface area contributed by atoms with Crippen LogP contribution in [0.25, 0.3) is 39.1 Å². The summed E-state index contributed by atoms with van der Waals surface area (Å²) in [6.45, 7) is 2.64. The molecule has 0 bridgehead atoms. The van der Waals surface area contributed by atoms with Crippen LogP contribution in [0.1, 0.15) is 24.8 Å². The van der Waals surface area contributed by atoms with Crippen molar-refractivity contribution in [1.82, 2.24) is 23.8 Å². The minimum absolute atomic E-state index is 0.398. The van der Waals surface area contributed by atoms with Crippen LogP contribution in [0.5, 0.6) is 5.75 Å². The molecule has 1 saturated heterocycles. The summed E-state index contributed by atoms with van der Waals surface area (Å²) in [5.41, 5.74) is 5.56. The number of ether oxygens (including phenoxy) is 1. The van der Waals surface area contributed by atoms with Crippen LogP contribution < -0.4 is 10.5 Å². The van der Waals surface area contributed by atoms with Crippen LogP contribution in [0, 0.1) is 11.3 Å². The van der Waals surface area contributed by atoms with Crippen LogP contribution in [-0.4, -0.2) is 51.1 Å². The van der Waals surface area contributed by atoms with Gasteiger partial charge in [0.15, 0.2) is 11.2 Å². The van der Waals surface area contributed by atoms with Crippen LogP contribution in [-0.2, 0) is 7.05 Å². The molecule has 4 aromatic heterocycles. The Hall–Kier alpha value is -4.42. The van der Waals surface area contributed by atoms with Crippen LogP contribution >= 0.6 is 0 Å². The van der Waals surface area contributed by atoms with Gasteiger partial charge in [0.05, 0.1) is 37.0 Å². The second-order valence-corrected chi connectivity index (χ2v) is 9.15. The topological polar surface area (TPSA) is 102 Å². The van der Waals surface area contributed by atoms with E-state index in [-0.39, 0.29) is 0 Å². The van der Waals surface area contributed by atoms with Gasteiger partial charge >= 0.3 is 5.76 Å². The molecule has 1 aromatic carbocycles. The van der Waals surface area contributed by atoms with Gasteiger partial charge in [-0.1, -0.05) is 18.6 Å². The van der Waals surface area contributed by atoms with Crippen LogP contribution in [0.3, 0.4) is 0 Å². The van der Waals surface area contributed by atoms with E-state index in [1.807, 2.05) is 22.6 Å². The number of aromatic nitrogens is 4. The number of aryl methyl sites for hydroxylation is 1. The minimum Gasteiger partial charge on any atom is -0.494 e. The lowest BCUT2D eigenvalue weighted by Gasteiger charge is -2.20. The minimum atomic E-state index is -0.468. The summed E-state index contributed by atoms with van der Waals surface area (Å²) >= 11 is 0. The zero-order valence-corrected chi connectivity index (χ0v) is 21.1. The summed E-state index contributed by atoms with van der Waals surface area (Å²) in [5, 5.41) is 9.12. The summed E-state index contributed by atoms with van der Waals surface area (Å²) < 4.78 is 14.2. The van der Waals surface area contributed by atoms with E-state index in [2.05, 4.69) is 28.0 Å². The van der Waals surface area contributed by atoms with Crippen molar-refractivity contribution in [1.29, 1.82) is 5.26 Å². The zero-order chi connectivity index (χ0) is 25.9. The van der Waals surface area contributed by atoms with Crippen molar-refractivity contribution in [2.45, 2.75) is 19.3 Å². The van der Waals surface area contributed by atoms with E-state index >= 15 is 0 Å². The Kier molecular flexibility index (Phi) is 6.75. The molecule has 9 heteroatoms. The Morgan fingerprint density at radius 2 is 1.78 bits per heavy atom. The maximum atomic E-state index is 11.9. The van der Waals surface area contributed by atoms with Gasteiger partial charge < -0.3 is 14.1 Å². The SMILES string of the molecule is CN1CCCCC1.COc1cc(-c2ccc(C#N)cc2)c(-c2cnc3c(c2)oc(=O)n3C)n2cncc12. The number of rotatable bonds is 3. The molecule has 188 valence electrons. The first kappa shape index (κ1) is 24.3. The molecule has 6 rings (SSSR count). The number of imidazole rings is 1. The quantitative estimate of drug-likeness (QED) is 0.363. The van der Waals surface area contributed by atoms with E-state index < -0.39 is 5.76 Å². The fourth-order valence-corrected chi connectivity index (χ4v) is 4.66. The van der Waals surface area contributed by atoms with Gasteiger partial charge in [0.2, 0.25) is 0 Å². The van der Waals surface area contributed by atoms with Crippen molar-refractivity contribution in [2.75, 3.05) is 27.2 Å². The van der Waals surface area contributed by atoms with E-state index in [0.717, 1.165) is 27.9 Å². The van der Waals surface area contributed by atoms with E-state index in [9.17, 15) is 4.79 Å². The monoisotopic (exact) mass is 496 g/mol. The van der Waals surface area contributed by atoms with Crippen molar-refractivity contribution in [2.24, 2.45) is 7.05 Å². The van der Waals surface area contributed by atoms with E-state index in [0.29, 0.717) is 22.5 Å². The van der Waals surface area contributed by atoms with Crippen molar-refractivity contribution in [3.63, 3.8) is 0 Å². The van der Waals surface area contributed by atoms with E-state index in [1.54, 1.807) is 51.1 Å². The van der Waals surface area contributed by atoms with Crippen LogP contribution in [0.2, 0.25) is 0 Å². The van der Waals surface area contributed by atoms with Gasteiger partial charge in [-0.3, -0.25) is 8.97 Å². The molecule has 0 radical (unpaired) electrons. The summed E-state index contributed by atoms with van der Waals surface area (Å²) in [5.74, 6) is 0.195. The van der Waals surface area contributed by atoms with E-state index in [1.165, 1.54) is 36.9 Å². The molecule has 0 spiro atoms. The number of likely N-dealkylation sites (tertiary alicyclic amines) is 1. The molecule has 0 aliphatic carbocycles. The molecule has 9 nitrogen and oxygen atoms in total. The third-order valence-corrected chi connectivity index (χ3v) is 6.68. The van der Waals surface area contributed by atoms with Crippen molar-refractivity contribution in [3.05, 3.63) is 71.2 Å². The third-order valence-electron chi connectivity index (χ3n) is 6.68. The molecule has 5 aromatic rings. The van der Waals surface area contributed by atoms with Crippen molar-refractivity contribution >= 4 is 16.7 Å². The van der Waals surface area contributed by atoms with E-state index in [4.69, 9.17) is 14.4 Å². The first-order chi connectivity index (χ1) is 18.0. The summed E-state index contributed by atoms with van der Waals surface area (Å²) in [4.78, 5) is 23.0. The number of hydrogen-bond donors (Lipinski definition) is 0. The largest absolute Gasteiger partial charge is 0.494 e. The maximum Gasteiger partial charge on any atom is 0.420 e. The lowest BCUT2D eigenvalue weighted by molar-refractivity contribution is 0.277. The molecule has 5 heterocycles. The molecule has 0 atom stereocenters. The second kappa shape index (κ2) is 10.3. The molecule has 37 heavy (non-hydrogen) atoms. The van der Waals surface area contributed by atoms with Gasteiger partial charge in [-0.2, -0.15) is 5.26 Å². The average molecular weight is 497 g/mol. The summed E-state index contributed by atoms with van der Waals surface area (Å²) in [6, 6.07) is 13.1. The maximum absolute atomic E-state index is 11.9. The number of benzene rings is 1. The fraction of sp³-hybridized carbons (Fsp3) is 0.286. The molecule has 0 N–H and O–H groups in total. The number of piperidine rings is 1. The number of pyridine rings is 2. The van der Waals surface area contributed by atoms with Gasteiger partial charge in [-0.15, -0.1) is 0 Å². The summed E-state index contributed by atoms with van der Waals surface area (Å²) in [6.07, 6.45) is 9.40. The number of fused-ring (bicyclic) bond motifs is 2. The fourth-order valence-electron chi connectivity index (χ4n) is 4.66. The Bertz CT molecular complexity index is 1650. The smallest absolute Gasteiger partial charge is 0.420 e. The lowest BCUT2D eigenvalue weighted by atomic mass is 9.98. The predicted octanol–water partition coefficient (Wildman–Crippen LogP) is 4.49. The Morgan fingerprint density at radius 1 is 1.03 bits per heavy atom. The third kappa shape index (κ3) is 4.71. The highest BCUT2D eigenvalue weighted by Crippen LogP contribution is 2.38. The Balaban J connectivity index is 0.000000348. The van der Waals surface area contributed by atoms with Crippen LogP contribution in [0.15, 0.2) is 64.3 Å². The van der Waals surface area contributed by atoms with Gasteiger partial charge in [0, 0.05) is 24.4 Å². The van der Waals surface area contributed by atoms with Gasteiger partial charge in [0.1, 0.15) is 11.3 Å². The number of hydrogen-bond acceptors (Lipinski definition) is 7. The van der Waals surface area contributed by atoms with Crippen LogP contribution in [0.4, 0.5) is 0 Å². The number of nitrogens with zero attached hydrogens (tertiary/aromatic N) is 6.